The van der Waals surface area contributed by atoms with E-state index in [1.807, 2.05) is 0 Å². The van der Waals surface area contributed by atoms with Crippen molar-refractivity contribution < 1.29 is 27.0 Å². The summed E-state index contributed by atoms with van der Waals surface area (Å²) >= 11 is 0. The smallest absolute Gasteiger partial charge is 0.425 e. The highest BCUT2D eigenvalue weighted by Crippen LogP contribution is 2.27. The van der Waals surface area contributed by atoms with Crippen LogP contribution in [-0.2, 0) is 16.1 Å². The van der Waals surface area contributed by atoms with Crippen LogP contribution >= 0.6 is 0 Å². The summed E-state index contributed by atoms with van der Waals surface area (Å²) in [6, 6.07) is 3.38. The average Bonchev–Trinajstić information content (AvgIpc) is 3.01. The van der Waals surface area contributed by atoms with E-state index in [9.17, 15) is 17.6 Å². The van der Waals surface area contributed by atoms with Crippen molar-refractivity contribution in [3.05, 3.63) is 47.4 Å². The number of aliphatic imine (C=N–C) groups is 1. The van der Waals surface area contributed by atoms with E-state index in [2.05, 4.69) is 26.8 Å². The third kappa shape index (κ3) is 4.91. The van der Waals surface area contributed by atoms with E-state index < -0.39 is 24.0 Å². The molecule has 0 aliphatic rings. The van der Waals surface area contributed by atoms with E-state index in [0.717, 1.165) is 13.0 Å². The van der Waals surface area contributed by atoms with E-state index in [4.69, 9.17) is 4.74 Å². The molecule has 0 bridgehead atoms. The van der Waals surface area contributed by atoms with Gasteiger partial charge in [-0.2, -0.15) is 13.2 Å². The summed E-state index contributed by atoms with van der Waals surface area (Å²) in [5.41, 5.74) is 2.31. The monoisotopic (exact) mass is 386 g/mol. The van der Waals surface area contributed by atoms with Crippen LogP contribution in [0, 0.1) is 0 Å². The Bertz CT molecular complexity index is 887. The average molecular weight is 386 g/mol. The molecule has 6 nitrogen and oxygen atoms in total. The summed E-state index contributed by atoms with van der Waals surface area (Å²) in [6.07, 6.45) is -4.21. The number of hydrogen-bond acceptors (Lipinski definition) is 5. The van der Waals surface area contributed by atoms with Gasteiger partial charge in [-0.15, -0.1) is 5.10 Å². The Kier molecular flexibility index (Phi) is 6.32. The second-order valence-electron chi connectivity index (χ2n) is 5.65. The maximum atomic E-state index is 14.3. The number of ether oxygens (including phenoxy) is 2. The Morgan fingerprint density at radius 1 is 1.44 bits per heavy atom. The van der Waals surface area contributed by atoms with Crippen LogP contribution in [0.2, 0.25) is 0 Å². The number of methoxy groups -OCH3 is 1. The van der Waals surface area contributed by atoms with Crippen LogP contribution in [0.3, 0.4) is 0 Å². The van der Waals surface area contributed by atoms with E-state index in [-0.39, 0.29) is 6.61 Å². The first kappa shape index (κ1) is 20.6. The molecule has 0 saturated carbocycles. The molecule has 0 N–H and O–H groups in total. The largest absolute Gasteiger partial charge is 0.463 e. The van der Waals surface area contributed by atoms with Gasteiger partial charge >= 0.3 is 6.18 Å². The van der Waals surface area contributed by atoms with Crippen LogP contribution in [0.5, 0.6) is 0 Å². The number of alkyl halides is 3. The number of halogens is 4. The first-order valence-electron chi connectivity index (χ1n) is 7.78. The first-order chi connectivity index (χ1) is 12.7. The van der Waals surface area contributed by atoms with Gasteiger partial charge in [0.05, 0.1) is 12.1 Å². The molecule has 0 aliphatic carbocycles. The third-order valence-electron chi connectivity index (χ3n) is 3.67. The zero-order valence-electron chi connectivity index (χ0n) is 14.9. The quantitative estimate of drug-likeness (QED) is 0.311. The maximum Gasteiger partial charge on any atom is 0.425 e. The summed E-state index contributed by atoms with van der Waals surface area (Å²) < 4.78 is 63.2. The van der Waals surface area contributed by atoms with Gasteiger partial charge in [-0.3, -0.25) is 0 Å². The van der Waals surface area contributed by atoms with Gasteiger partial charge in [-0.25, -0.2) is 13.9 Å². The fourth-order valence-electron chi connectivity index (χ4n) is 2.16. The van der Waals surface area contributed by atoms with E-state index in [1.165, 1.54) is 11.6 Å². The molecule has 1 atom stereocenters. The summed E-state index contributed by atoms with van der Waals surface area (Å²) in [6.45, 7) is 5.66. The van der Waals surface area contributed by atoms with Crippen LogP contribution in [0.1, 0.15) is 25.1 Å². The topological polar surface area (TPSA) is 61.0 Å². The molecule has 0 aliphatic heterocycles. The van der Waals surface area contributed by atoms with Gasteiger partial charge in [-0.1, -0.05) is 5.21 Å². The van der Waals surface area contributed by atoms with Gasteiger partial charge in [0.1, 0.15) is 5.69 Å². The van der Waals surface area contributed by atoms with Crippen molar-refractivity contribution in [3.63, 3.8) is 0 Å². The Labute approximate surface area is 152 Å². The van der Waals surface area contributed by atoms with E-state index in [0.29, 0.717) is 22.3 Å². The number of allylic oxidation sites excluding steroid dienone is 3. The molecular formula is C17H18F4N4O2. The molecule has 0 unspecified atom stereocenters. The predicted octanol–water partition coefficient (Wildman–Crippen LogP) is 4.09. The summed E-state index contributed by atoms with van der Waals surface area (Å²) in [5, 5.41) is 7.91. The van der Waals surface area contributed by atoms with Crippen molar-refractivity contribution in [2.45, 2.75) is 32.7 Å². The SMILES string of the molecule is C=N/C(O[C@@H](C)C(F)(F)F)=C(F)\C=C(/C)c1ccn2nnc(COC)c2c1. The van der Waals surface area contributed by atoms with Crippen molar-refractivity contribution >= 4 is 17.8 Å². The Balaban J connectivity index is 2.35. The standard InChI is InChI=1S/C17H18F4N4O2/c1-10(7-13(18)16(22-3)27-11(2)17(19,20)21)12-5-6-25-15(8-12)14(9-26-4)23-24-25/h5-8,11H,3,9H2,1-2,4H3/b10-7+,16-13-/t11-/m0/s1. The minimum Gasteiger partial charge on any atom is -0.463 e. The van der Waals surface area contributed by atoms with Crippen molar-refractivity contribution in [3.8, 4) is 0 Å². The van der Waals surface area contributed by atoms with Gasteiger partial charge in [0.25, 0.3) is 0 Å². The van der Waals surface area contributed by atoms with Gasteiger partial charge in [0.15, 0.2) is 11.9 Å². The van der Waals surface area contributed by atoms with Crippen LogP contribution in [0.25, 0.3) is 11.1 Å². The molecule has 146 valence electrons. The zero-order valence-corrected chi connectivity index (χ0v) is 14.9. The molecule has 2 rings (SSSR count). The maximum absolute atomic E-state index is 14.3. The molecule has 0 saturated heterocycles. The molecule has 2 heterocycles. The van der Waals surface area contributed by atoms with Crippen LogP contribution in [-0.4, -0.2) is 40.9 Å². The lowest BCUT2D eigenvalue weighted by Crippen LogP contribution is -2.28. The Hall–Kier alpha value is -2.75. The minimum absolute atomic E-state index is 0.248. The molecule has 0 amide bonds. The number of pyridine rings is 1. The molecular weight excluding hydrogens is 368 g/mol. The second kappa shape index (κ2) is 8.30. The van der Waals surface area contributed by atoms with Crippen LogP contribution in [0.15, 0.2) is 41.1 Å². The molecule has 2 aromatic heterocycles. The van der Waals surface area contributed by atoms with E-state index >= 15 is 0 Å². The normalized spacial score (nSPS) is 14.9. The zero-order chi connectivity index (χ0) is 20.2. The fourth-order valence-corrected chi connectivity index (χ4v) is 2.16. The first-order valence-corrected chi connectivity index (χ1v) is 7.78. The summed E-state index contributed by atoms with van der Waals surface area (Å²) in [7, 11) is 1.52. The number of fused-ring (bicyclic) bond motifs is 1. The van der Waals surface area contributed by atoms with Crippen molar-refractivity contribution in [1.82, 2.24) is 14.8 Å². The van der Waals surface area contributed by atoms with Gasteiger partial charge in [-0.05, 0) is 49.9 Å². The lowest BCUT2D eigenvalue weighted by atomic mass is 10.1. The fraction of sp³-hybridized carbons (Fsp3) is 0.353. The Morgan fingerprint density at radius 2 is 2.15 bits per heavy atom. The summed E-state index contributed by atoms with van der Waals surface area (Å²) in [5.74, 6) is -1.89. The lowest BCUT2D eigenvalue weighted by molar-refractivity contribution is -0.203. The highest BCUT2D eigenvalue weighted by atomic mass is 19.4. The highest BCUT2D eigenvalue weighted by Gasteiger charge is 2.38. The van der Waals surface area contributed by atoms with Crippen LogP contribution < -0.4 is 0 Å². The number of nitrogens with zero attached hydrogens (tertiary/aromatic N) is 4. The van der Waals surface area contributed by atoms with Gasteiger partial charge < -0.3 is 9.47 Å². The van der Waals surface area contributed by atoms with Gasteiger partial charge in [0.2, 0.25) is 5.88 Å². The molecule has 2 aromatic rings. The number of rotatable bonds is 7. The van der Waals surface area contributed by atoms with Gasteiger partial charge in [0, 0.05) is 13.3 Å². The second-order valence-corrected chi connectivity index (χ2v) is 5.65. The third-order valence-corrected chi connectivity index (χ3v) is 3.67. The predicted molar refractivity (Wildman–Crippen MR) is 91.6 cm³/mol. The van der Waals surface area contributed by atoms with E-state index in [1.54, 1.807) is 25.3 Å². The number of hydrogen-bond donors (Lipinski definition) is 0. The molecule has 0 fully saturated rings. The number of aromatic nitrogens is 3. The Morgan fingerprint density at radius 3 is 2.74 bits per heavy atom. The minimum atomic E-state index is -4.65. The molecule has 0 radical (unpaired) electrons. The molecule has 0 aromatic carbocycles. The van der Waals surface area contributed by atoms with Crippen LogP contribution in [0.4, 0.5) is 17.6 Å². The van der Waals surface area contributed by atoms with Crippen molar-refractivity contribution in [1.29, 1.82) is 0 Å². The molecule has 0 spiro atoms. The van der Waals surface area contributed by atoms with Crippen molar-refractivity contribution in [2.75, 3.05) is 7.11 Å². The summed E-state index contributed by atoms with van der Waals surface area (Å²) in [4.78, 5) is 3.22. The molecule has 27 heavy (non-hydrogen) atoms. The molecule has 10 heteroatoms. The highest BCUT2D eigenvalue weighted by molar-refractivity contribution is 5.70. The van der Waals surface area contributed by atoms with Crippen molar-refractivity contribution in [2.24, 2.45) is 4.99 Å². The lowest BCUT2D eigenvalue weighted by Gasteiger charge is -2.17.